The zero-order valence-corrected chi connectivity index (χ0v) is 14.9. The van der Waals surface area contributed by atoms with E-state index in [1.54, 1.807) is 0 Å². The molecule has 5 N–H and O–H groups in total. The minimum Gasteiger partial charge on any atom is -0.382 e. The van der Waals surface area contributed by atoms with Gasteiger partial charge in [0.25, 0.3) is 5.91 Å². The maximum atomic E-state index is 12.2. The molecule has 142 valence electrons. The summed E-state index contributed by atoms with van der Waals surface area (Å²) in [6, 6.07) is 0. The van der Waals surface area contributed by atoms with Gasteiger partial charge < -0.3 is 25.8 Å². The smallest absolute Gasteiger partial charge is 0.268 e. The van der Waals surface area contributed by atoms with Crippen molar-refractivity contribution in [1.29, 1.82) is 0 Å². The van der Waals surface area contributed by atoms with Gasteiger partial charge in [-0.15, -0.1) is 11.3 Å². The van der Waals surface area contributed by atoms with Crippen molar-refractivity contribution in [2.45, 2.75) is 50.3 Å². The second kappa shape index (κ2) is 6.59. The van der Waals surface area contributed by atoms with E-state index in [0.29, 0.717) is 0 Å². The highest BCUT2D eigenvalue weighted by atomic mass is 32.1. The van der Waals surface area contributed by atoms with Crippen LogP contribution in [0.15, 0.2) is 5.38 Å². The zero-order valence-electron chi connectivity index (χ0n) is 14.1. The maximum absolute atomic E-state index is 12.2. The molecule has 0 aliphatic carbocycles. The van der Waals surface area contributed by atoms with Crippen molar-refractivity contribution in [3.05, 3.63) is 16.1 Å². The number of Topliss-reactive ketones (excluding diaryl/α,β-unsaturated/α-hetero) is 3. The highest BCUT2D eigenvalue weighted by Gasteiger charge is 2.73. The van der Waals surface area contributed by atoms with E-state index in [1.807, 2.05) is 0 Å². The Labute approximate surface area is 151 Å². The molecule has 0 bridgehead atoms. The van der Waals surface area contributed by atoms with Crippen molar-refractivity contribution in [2.75, 3.05) is 0 Å². The standard InChI is InChI=1S/C15H18N2O8S/c1-5(18)9(21)10-14(23,6(2)19)15(24,7(3)20)11(25-10)13-17-8(4-26-13)12(16)22/h4,9-11,21,23-24H,1-3H3,(H2,16,22)/t9?,10-,11+,14-,15+/m1/s1. The summed E-state index contributed by atoms with van der Waals surface area (Å²) in [6.45, 7) is 2.79. The number of amides is 1. The van der Waals surface area contributed by atoms with Crippen LogP contribution in [0.5, 0.6) is 0 Å². The molecule has 1 fully saturated rings. The fraction of sp³-hybridized carbons (Fsp3) is 0.533. The first kappa shape index (κ1) is 20.3. The summed E-state index contributed by atoms with van der Waals surface area (Å²) in [7, 11) is 0. The van der Waals surface area contributed by atoms with Gasteiger partial charge in [0.05, 0.1) is 0 Å². The minimum atomic E-state index is -2.91. The maximum Gasteiger partial charge on any atom is 0.268 e. The first-order valence-corrected chi connectivity index (χ1v) is 8.33. The van der Waals surface area contributed by atoms with Crippen LogP contribution in [0.2, 0.25) is 0 Å². The number of hydrogen-bond donors (Lipinski definition) is 4. The number of primary amides is 1. The molecule has 1 aromatic heterocycles. The molecule has 2 rings (SSSR count). The summed E-state index contributed by atoms with van der Waals surface area (Å²) < 4.78 is 5.40. The van der Waals surface area contributed by atoms with Gasteiger partial charge in [0, 0.05) is 5.38 Å². The Morgan fingerprint density at radius 3 is 2.12 bits per heavy atom. The second-order valence-electron chi connectivity index (χ2n) is 6.07. The van der Waals surface area contributed by atoms with Gasteiger partial charge in [-0.05, 0) is 20.8 Å². The number of carbonyl (C=O) groups excluding carboxylic acids is 4. The molecule has 0 aromatic carbocycles. The molecule has 1 aliphatic heterocycles. The summed E-state index contributed by atoms with van der Waals surface area (Å²) in [5.74, 6) is -3.86. The van der Waals surface area contributed by atoms with Crippen LogP contribution in [0.4, 0.5) is 0 Å². The largest absolute Gasteiger partial charge is 0.382 e. The van der Waals surface area contributed by atoms with Crippen molar-refractivity contribution >= 4 is 34.6 Å². The van der Waals surface area contributed by atoms with Crippen LogP contribution in [-0.4, -0.2) is 67.0 Å². The normalized spacial score (nSPS) is 32.2. The first-order valence-electron chi connectivity index (χ1n) is 7.45. The number of ether oxygens (including phenoxy) is 1. The Bertz CT molecular complexity index is 792. The average molecular weight is 386 g/mol. The van der Waals surface area contributed by atoms with Gasteiger partial charge >= 0.3 is 0 Å². The number of rotatable bonds is 6. The van der Waals surface area contributed by atoms with Crippen LogP contribution in [-0.2, 0) is 19.1 Å². The van der Waals surface area contributed by atoms with E-state index < -0.39 is 52.8 Å². The third-order valence-electron chi connectivity index (χ3n) is 4.43. The number of aliphatic hydroxyl groups excluding tert-OH is 1. The third-order valence-corrected chi connectivity index (χ3v) is 5.32. The summed E-state index contributed by atoms with van der Waals surface area (Å²) in [4.78, 5) is 51.0. The van der Waals surface area contributed by atoms with E-state index in [9.17, 15) is 34.5 Å². The quantitative estimate of drug-likeness (QED) is 0.442. The first-order chi connectivity index (χ1) is 11.9. The number of nitrogens with two attached hydrogens (primary N) is 1. The van der Waals surface area contributed by atoms with Gasteiger partial charge in [0.2, 0.25) is 0 Å². The predicted molar refractivity (Wildman–Crippen MR) is 86.2 cm³/mol. The highest BCUT2D eigenvalue weighted by Crippen LogP contribution is 2.50. The molecule has 1 aliphatic rings. The lowest BCUT2D eigenvalue weighted by atomic mass is 9.72. The van der Waals surface area contributed by atoms with Gasteiger partial charge in [0.1, 0.15) is 29.0 Å². The molecule has 2 heterocycles. The van der Waals surface area contributed by atoms with Crippen LogP contribution in [0.3, 0.4) is 0 Å². The summed E-state index contributed by atoms with van der Waals surface area (Å²) in [5, 5.41) is 33.1. The molecule has 1 aromatic rings. The topological polar surface area (TPSA) is 177 Å². The predicted octanol–water partition coefficient (Wildman–Crippen LogP) is -1.73. The van der Waals surface area contributed by atoms with E-state index >= 15 is 0 Å². The molecule has 10 nitrogen and oxygen atoms in total. The van der Waals surface area contributed by atoms with Crippen LogP contribution in [0.25, 0.3) is 0 Å². The van der Waals surface area contributed by atoms with E-state index in [-0.39, 0.29) is 10.7 Å². The minimum absolute atomic E-state index is 0.130. The van der Waals surface area contributed by atoms with E-state index in [2.05, 4.69) is 4.98 Å². The highest BCUT2D eigenvalue weighted by molar-refractivity contribution is 7.10. The molecule has 11 heteroatoms. The Hall–Kier alpha value is -2.05. The number of thiazole rings is 1. The lowest BCUT2D eigenvalue weighted by Crippen LogP contribution is -2.67. The van der Waals surface area contributed by atoms with Crippen LogP contribution in [0, 0.1) is 0 Å². The van der Waals surface area contributed by atoms with Crippen molar-refractivity contribution in [1.82, 2.24) is 4.98 Å². The molecule has 0 spiro atoms. The molecule has 0 saturated carbocycles. The van der Waals surface area contributed by atoms with E-state index in [1.165, 1.54) is 5.38 Å². The molecule has 0 radical (unpaired) electrons. The molecule has 1 amide bonds. The molecule has 1 saturated heterocycles. The lowest BCUT2D eigenvalue weighted by molar-refractivity contribution is -0.182. The van der Waals surface area contributed by atoms with Gasteiger partial charge in [-0.2, -0.15) is 0 Å². The Balaban J connectivity index is 2.68. The van der Waals surface area contributed by atoms with Gasteiger partial charge in [-0.3, -0.25) is 19.2 Å². The fourth-order valence-corrected chi connectivity index (χ4v) is 3.86. The number of aliphatic hydroxyl groups is 3. The van der Waals surface area contributed by atoms with Crippen molar-refractivity contribution in [3.63, 3.8) is 0 Å². The van der Waals surface area contributed by atoms with Crippen molar-refractivity contribution in [3.8, 4) is 0 Å². The Morgan fingerprint density at radius 1 is 1.19 bits per heavy atom. The summed E-state index contributed by atoms with van der Waals surface area (Å²) in [6.07, 6.45) is -5.61. The molecule has 1 unspecified atom stereocenters. The fourth-order valence-electron chi connectivity index (χ4n) is 2.96. The number of carbonyl (C=O) groups is 4. The number of ketones is 3. The monoisotopic (exact) mass is 386 g/mol. The number of hydrogen-bond acceptors (Lipinski definition) is 10. The van der Waals surface area contributed by atoms with Gasteiger partial charge in [-0.1, -0.05) is 0 Å². The van der Waals surface area contributed by atoms with Gasteiger partial charge in [-0.25, -0.2) is 4.98 Å². The molecule has 26 heavy (non-hydrogen) atoms. The number of aromatic nitrogens is 1. The Kier molecular flexibility index (Phi) is 5.14. The van der Waals surface area contributed by atoms with E-state index in [0.717, 1.165) is 32.1 Å². The second-order valence-corrected chi connectivity index (χ2v) is 6.96. The summed E-state index contributed by atoms with van der Waals surface area (Å²) >= 11 is 0.791. The third kappa shape index (κ3) is 2.68. The van der Waals surface area contributed by atoms with Crippen LogP contribution < -0.4 is 5.73 Å². The van der Waals surface area contributed by atoms with Gasteiger partial charge in [0.15, 0.2) is 28.6 Å². The van der Waals surface area contributed by atoms with E-state index in [4.69, 9.17) is 10.5 Å². The average Bonchev–Trinajstić information content (AvgIpc) is 3.10. The SMILES string of the molecule is CC(=O)C(O)[C@H]1O[C@@H](c2nc(C(N)=O)cs2)[C@@](O)(C(C)=O)[C@@]1(O)C(C)=O. The van der Waals surface area contributed by atoms with Crippen LogP contribution >= 0.6 is 11.3 Å². The van der Waals surface area contributed by atoms with Crippen molar-refractivity contribution in [2.24, 2.45) is 5.73 Å². The van der Waals surface area contributed by atoms with Crippen LogP contribution in [0.1, 0.15) is 42.4 Å². The zero-order chi connectivity index (χ0) is 20.0. The molecular weight excluding hydrogens is 368 g/mol. The Morgan fingerprint density at radius 2 is 1.73 bits per heavy atom. The summed E-state index contributed by atoms with van der Waals surface area (Å²) in [5.41, 5.74) is -0.813. The molecular formula is C15H18N2O8S. The lowest BCUT2D eigenvalue weighted by Gasteiger charge is -2.37. The molecule has 5 atom stereocenters. The number of nitrogens with zero attached hydrogens (tertiary/aromatic N) is 1. The van der Waals surface area contributed by atoms with Crippen molar-refractivity contribution < 1.29 is 39.2 Å².